The molecule has 0 aliphatic carbocycles. The summed E-state index contributed by atoms with van der Waals surface area (Å²) in [7, 11) is 1.06. The Labute approximate surface area is 350 Å². The summed E-state index contributed by atoms with van der Waals surface area (Å²) in [6.07, 6.45) is -6.94. The number of hydrogen-bond donors (Lipinski definition) is 4. The van der Waals surface area contributed by atoms with Gasteiger partial charge in [0.1, 0.15) is 12.1 Å². The van der Waals surface area contributed by atoms with Gasteiger partial charge < -0.3 is 35.0 Å². The lowest BCUT2D eigenvalue weighted by Crippen LogP contribution is -2.60. The van der Waals surface area contributed by atoms with Crippen LogP contribution in [-0.4, -0.2) is 141 Å². The first-order valence-corrected chi connectivity index (χ1v) is 21.2. The number of amides is 6. The maximum Gasteiger partial charge on any atom is 0.471 e. The van der Waals surface area contributed by atoms with Crippen LogP contribution in [0.5, 0.6) is 0 Å². The van der Waals surface area contributed by atoms with E-state index in [1.165, 1.54) is 33.1 Å². The number of carbonyl (C=O) groups is 6. The monoisotopic (exact) mass is 878 g/mol. The molecule has 0 unspecified atom stereocenters. The summed E-state index contributed by atoms with van der Waals surface area (Å²) in [5, 5.41) is 13.9. The number of anilines is 1. The Morgan fingerprint density at radius 2 is 1.50 bits per heavy atom. The van der Waals surface area contributed by atoms with Crippen molar-refractivity contribution in [1.82, 2.24) is 24.7 Å². The molecule has 1 saturated heterocycles. The van der Waals surface area contributed by atoms with Gasteiger partial charge in [-0.05, 0) is 54.9 Å². The number of carboxylic acid groups (broad SMARTS) is 1. The summed E-state index contributed by atoms with van der Waals surface area (Å²) in [6, 6.07) is 0.272. The minimum Gasteiger partial charge on any atom is -0.465 e. The van der Waals surface area contributed by atoms with Crippen molar-refractivity contribution in [3.05, 3.63) is 24.3 Å². The highest BCUT2D eigenvalue weighted by Crippen LogP contribution is 2.30. The molecule has 8 atom stereocenters. The van der Waals surface area contributed by atoms with Crippen LogP contribution in [0.1, 0.15) is 74.1 Å². The third-order valence-corrected chi connectivity index (χ3v) is 12.4. The molecule has 0 radical (unpaired) electrons. The molecule has 6 amide bonds. The van der Waals surface area contributed by atoms with E-state index in [1.807, 2.05) is 18.6 Å². The second kappa shape index (κ2) is 21.8. The number of carbonyl (C=O) groups excluding carboxylic acids is 5. The summed E-state index contributed by atoms with van der Waals surface area (Å²) in [4.78, 5) is 81.6. The van der Waals surface area contributed by atoms with Gasteiger partial charge in [0.25, 0.3) is 10.0 Å². The molecule has 17 nitrogen and oxygen atoms in total. The predicted molar refractivity (Wildman–Crippen MR) is 214 cm³/mol. The van der Waals surface area contributed by atoms with E-state index in [2.05, 4.69) is 5.32 Å². The van der Waals surface area contributed by atoms with Crippen LogP contribution in [0, 0.1) is 23.7 Å². The second-order valence-electron chi connectivity index (χ2n) is 15.8. The SMILES string of the molecule is CC[C@H](C)[C@@H]([C@H](CC(=O)N1CCC[C@H]1[C@H](OC)[C@@H](C)C(=O)NS(=O)(=O)c1ccc(NC(=O)C(F)(F)F)cc1)OC)N(C)C(=O)[C@@H](NC(=O)[C@H](C(C)C)N(C)C(=O)O)C(C)C. The van der Waals surface area contributed by atoms with E-state index in [-0.39, 0.29) is 30.5 Å². The molecule has 21 heteroatoms. The summed E-state index contributed by atoms with van der Waals surface area (Å²) in [6.45, 7) is 12.4. The van der Waals surface area contributed by atoms with Crippen LogP contribution in [0.15, 0.2) is 29.2 Å². The largest absolute Gasteiger partial charge is 0.471 e. The number of likely N-dealkylation sites (tertiary alicyclic amines) is 1. The summed E-state index contributed by atoms with van der Waals surface area (Å²) < 4.78 is 77.6. The molecule has 1 aromatic rings. The molecule has 0 aromatic heterocycles. The number of nitrogens with zero attached hydrogens (tertiary/aromatic N) is 3. The van der Waals surface area contributed by atoms with Gasteiger partial charge in [-0.2, -0.15) is 13.2 Å². The number of rotatable bonds is 20. The molecular formula is C39H61F3N6O11S. The first-order valence-electron chi connectivity index (χ1n) is 19.7. The van der Waals surface area contributed by atoms with Crippen molar-refractivity contribution >= 4 is 51.3 Å². The van der Waals surface area contributed by atoms with Crippen molar-refractivity contribution in [3.63, 3.8) is 0 Å². The number of halogens is 3. The Kier molecular flexibility index (Phi) is 18.8. The normalized spacial score (nSPS) is 18.1. The van der Waals surface area contributed by atoms with Crippen molar-refractivity contribution < 1.29 is 64.9 Å². The molecule has 0 spiro atoms. The lowest BCUT2D eigenvalue weighted by atomic mass is 9.89. The summed E-state index contributed by atoms with van der Waals surface area (Å²) in [5.41, 5.74) is -0.322. The van der Waals surface area contributed by atoms with Crippen molar-refractivity contribution in [2.75, 3.05) is 40.2 Å². The minimum atomic E-state index is -5.16. The maximum atomic E-state index is 14.2. The number of hydrogen-bond acceptors (Lipinski definition) is 10. The van der Waals surface area contributed by atoms with Gasteiger partial charge in [0.05, 0.1) is 41.5 Å². The minimum absolute atomic E-state index is 0.192. The molecule has 60 heavy (non-hydrogen) atoms. The van der Waals surface area contributed by atoms with Gasteiger partial charge in [0, 0.05) is 40.5 Å². The summed E-state index contributed by atoms with van der Waals surface area (Å²) in [5.74, 6) is -6.82. The molecule has 1 heterocycles. The summed E-state index contributed by atoms with van der Waals surface area (Å²) >= 11 is 0. The average Bonchev–Trinajstić information content (AvgIpc) is 3.65. The molecule has 0 bridgehead atoms. The zero-order valence-corrected chi connectivity index (χ0v) is 36.8. The van der Waals surface area contributed by atoms with E-state index in [4.69, 9.17) is 9.47 Å². The van der Waals surface area contributed by atoms with Crippen molar-refractivity contribution in [2.24, 2.45) is 23.7 Å². The van der Waals surface area contributed by atoms with Gasteiger partial charge >= 0.3 is 18.2 Å². The second-order valence-corrected chi connectivity index (χ2v) is 17.5. The van der Waals surface area contributed by atoms with Crippen molar-refractivity contribution in [2.45, 2.75) is 122 Å². The topological polar surface area (TPSA) is 221 Å². The van der Waals surface area contributed by atoms with Gasteiger partial charge in [-0.1, -0.05) is 54.9 Å². The van der Waals surface area contributed by atoms with Gasteiger partial charge in [0.2, 0.25) is 23.6 Å². The molecule has 4 N–H and O–H groups in total. The third-order valence-electron chi connectivity index (χ3n) is 11.0. The zero-order valence-electron chi connectivity index (χ0n) is 36.0. The van der Waals surface area contributed by atoms with E-state index in [1.54, 1.807) is 45.0 Å². The van der Waals surface area contributed by atoms with Crippen LogP contribution in [0.4, 0.5) is 23.7 Å². The number of methoxy groups -OCH3 is 2. The number of alkyl halides is 3. The smallest absolute Gasteiger partial charge is 0.465 e. The van der Waals surface area contributed by atoms with Crippen LogP contribution in [0.25, 0.3) is 0 Å². The Balaban J connectivity index is 2.29. The van der Waals surface area contributed by atoms with Crippen LogP contribution < -0.4 is 15.4 Å². The zero-order chi connectivity index (χ0) is 46.0. The van der Waals surface area contributed by atoms with E-state index in [0.29, 0.717) is 19.3 Å². The fourth-order valence-electron chi connectivity index (χ4n) is 7.53. The molecule has 1 aliphatic heterocycles. The van der Waals surface area contributed by atoms with E-state index in [0.717, 1.165) is 29.2 Å². The van der Waals surface area contributed by atoms with Crippen molar-refractivity contribution in [1.29, 1.82) is 0 Å². The first-order chi connectivity index (χ1) is 27.7. The molecule has 0 saturated carbocycles. The Hall–Kier alpha value is -4.50. The van der Waals surface area contributed by atoms with E-state index in [9.17, 15) is 55.5 Å². The number of benzene rings is 1. The Morgan fingerprint density at radius 1 is 0.917 bits per heavy atom. The first kappa shape index (κ1) is 51.6. The number of nitrogens with one attached hydrogen (secondary N) is 3. The lowest BCUT2D eigenvalue weighted by Gasteiger charge is -2.41. The highest BCUT2D eigenvalue weighted by molar-refractivity contribution is 7.90. The van der Waals surface area contributed by atoms with E-state index < -0.39 is 105 Å². The number of ether oxygens (including phenoxy) is 2. The predicted octanol–water partition coefficient (Wildman–Crippen LogP) is 3.69. The Bertz CT molecular complexity index is 1780. The van der Waals surface area contributed by atoms with E-state index >= 15 is 0 Å². The fraction of sp³-hybridized carbons (Fsp3) is 0.692. The molecule has 1 aliphatic rings. The average molecular weight is 879 g/mol. The highest BCUT2D eigenvalue weighted by Gasteiger charge is 2.44. The highest BCUT2D eigenvalue weighted by atomic mass is 32.2. The number of sulfonamides is 1. The van der Waals surface area contributed by atoms with Crippen LogP contribution in [-0.2, 0) is 43.5 Å². The van der Waals surface area contributed by atoms with Gasteiger partial charge in [0.15, 0.2) is 0 Å². The maximum absolute atomic E-state index is 14.2. The Morgan fingerprint density at radius 3 is 1.97 bits per heavy atom. The molecule has 2 rings (SSSR count). The van der Waals surface area contributed by atoms with Gasteiger partial charge in [-0.25, -0.2) is 17.9 Å². The van der Waals surface area contributed by atoms with Crippen LogP contribution in [0.2, 0.25) is 0 Å². The molecule has 340 valence electrons. The third kappa shape index (κ3) is 13.0. The van der Waals surface area contributed by atoms with Crippen LogP contribution >= 0.6 is 0 Å². The molecule has 1 fully saturated rings. The van der Waals surface area contributed by atoms with Crippen molar-refractivity contribution in [3.8, 4) is 0 Å². The van der Waals surface area contributed by atoms with Gasteiger partial charge in [-0.3, -0.25) is 28.9 Å². The molecule has 1 aromatic carbocycles. The fourth-order valence-corrected chi connectivity index (χ4v) is 8.59. The lowest BCUT2D eigenvalue weighted by molar-refractivity contribution is -0.167. The van der Waals surface area contributed by atoms with Gasteiger partial charge in [-0.15, -0.1) is 0 Å². The quantitative estimate of drug-likeness (QED) is 0.148. The molecular weight excluding hydrogens is 818 g/mol. The van der Waals surface area contributed by atoms with Crippen LogP contribution in [0.3, 0.4) is 0 Å². The number of likely N-dealkylation sites (N-methyl/N-ethyl adjacent to an activating group) is 2. The standard InChI is InChI=1S/C39H61F3N6O11S/c1-12-23(6)32(46(8)36(52)30(21(2)3)44-35(51)31(22(4)5)47(9)38(54)55)28(58-10)20-29(49)48-19-13-14-27(48)33(59-11)24(7)34(50)45-60(56,57)26-17-15-25(16-18-26)43-37(53)39(40,41)42/h15-18,21-24,27-28,30-33H,12-14,19-20H2,1-11H3,(H,43,53)(H,44,51)(H,45,50)(H,54,55)/t23-,24+,27-,28-,30-,31-,32-,33+/m0/s1.